The molecule has 4 atom stereocenters. The predicted molar refractivity (Wildman–Crippen MR) is 210 cm³/mol. The quantitative estimate of drug-likeness (QED) is 0.137. The highest BCUT2D eigenvalue weighted by atomic mass is 19.3. The summed E-state index contributed by atoms with van der Waals surface area (Å²) in [6.07, 6.45) is 2.79. The number of halogens is 2. The number of methoxy groups -OCH3 is 2. The summed E-state index contributed by atoms with van der Waals surface area (Å²) in [5, 5.41) is 5.14. The molecule has 0 spiro atoms. The molecule has 0 aliphatic carbocycles. The maximum atomic E-state index is 14.7. The van der Waals surface area contributed by atoms with Crippen LogP contribution < -0.4 is 10.6 Å². The minimum atomic E-state index is -3.13. The van der Waals surface area contributed by atoms with Gasteiger partial charge in [0.05, 0.1) is 56.6 Å². The smallest absolute Gasteiger partial charge is 0.407 e. The molecule has 0 saturated carbocycles. The van der Waals surface area contributed by atoms with Gasteiger partial charge in [-0.3, -0.25) is 9.59 Å². The fourth-order valence-electron chi connectivity index (χ4n) is 7.28. The summed E-state index contributed by atoms with van der Waals surface area (Å²) < 4.78 is 38.8. The van der Waals surface area contributed by atoms with E-state index in [1.54, 1.807) is 31.1 Å². The van der Waals surface area contributed by atoms with Crippen LogP contribution in [0.3, 0.4) is 0 Å². The first-order valence-electron chi connectivity index (χ1n) is 19.2. The molecule has 4 aromatic rings. The molecular formula is C42H48F2N8O6. The number of hydrogen-bond acceptors (Lipinski definition) is 8. The Morgan fingerprint density at radius 2 is 1.19 bits per heavy atom. The van der Waals surface area contributed by atoms with Crippen LogP contribution in [0, 0.1) is 23.7 Å². The number of hydrogen-bond donors (Lipinski definition) is 4. The summed E-state index contributed by atoms with van der Waals surface area (Å²) >= 11 is 0. The Morgan fingerprint density at radius 3 is 1.64 bits per heavy atom. The third-order valence-electron chi connectivity index (χ3n) is 10.4. The highest BCUT2D eigenvalue weighted by molar-refractivity contribution is 5.87. The average Bonchev–Trinajstić information content (AvgIpc) is 4.04. The lowest BCUT2D eigenvalue weighted by atomic mass is 10.0. The van der Waals surface area contributed by atoms with Crippen LogP contribution >= 0.6 is 0 Å². The van der Waals surface area contributed by atoms with Gasteiger partial charge in [0, 0.05) is 24.1 Å². The van der Waals surface area contributed by atoms with Crippen molar-refractivity contribution in [2.75, 3.05) is 27.3 Å². The normalized spacial score (nSPS) is 18.4. The van der Waals surface area contributed by atoms with Gasteiger partial charge < -0.3 is 39.9 Å². The van der Waals surface area contributed by atoms with E-state index in [2.05, 4.69) is 47.1 Å². The van der Waals surface area contributed by atoms with Crippen LogP contribution in [0.2, 0.25) is 0 Å². The number of aromatic amines is 2. The van der Waals surface area contributed by atoms with E-state index in [4.69, 9.17) is 4.74 Å². The second-order valence-corrected chi connectivity index (χ2v) is 15.2. The molecule has 16 heteroatoms. The van der Waals surface area contributed by atoms with Gasteiger partial charge in [0.1, 0.15) is 23.7 Å². The standard InChI is InChI=1S/C42H48F2N8O6/c1-24(2)34(49-40(55)57-5)38(53)51-19-7-8-32(51)36-45-21-30(47-36)28-15-11-26(12-16-28)9-10-27-13-17-29(18-14-27)31-22-46-37(48-31)33-20-42(43,44)23-52(33)39(54)35(25(3)4)50-41(56)58-6/h11-18,21-22,24-25,32-35H,7-8,19-20,23H2,1-6H3,(H,45,47)(H,46,48)(H,49,55)(H,50,56)/t32-,33-,34?,35-/m0/s1. The van der Waals surface area contributed by atoms with Crippen LogP contribution in [-0.4, -0.2) is 99.1 Å². The minimum Gasteiger partial charge on any atom is -0.453 e. The topological polar surface area (TPSA) is 175 Å². The Balaban J connectivity index is 1.10. The number of carbonyl (C=O) groups is 4. The average molecular weight is 799 g/mol. The molecule has 4 amide bonds. The number of likely N-dealkylation sites (tertiary alicyclic amines) is 2. The van der Waals surface area contributed by atoms with E-state index in [1.165, 1.54) is 14.2 Å². The Hall–Kier alpha value is -6.24. The first kappa shape index (κ1) is 41.4. The number of amides is 4. The summed E-state index contributed by atoms with van der Waals surface area (Å²) in [6, 6.07) is 12.1. The van der Waals surface area contributed by atoms with Crippen LogP contribution in [0.15, 0.2) is 60.9 Å². The summed E-state index contributed by atoms with van der Waals surface area (Å²) in [6.45, 7) is 6.96. The third-order valence-corrected chi connectivity index (χ3v) is 10.4. The molecule has 4 heterocycles. The van der Waals surface area contributed by atoms with Crippen LogP contribution in [0.5, 0.6) is 0 Å². The summed E-state index contributed by atoms with van der Waals surface area (Å²) in [7, 11) is 2.44. The number of ether oxygens (including phenoxy) is 2. The van der Waals surface area contributed by atoms with Crippen molar-refractivity contribution in [2.45, 2.75) is 77.0 Å². The lowest BCUT2D eigenvalue weighted by Crippen LogP contribution is -2.51. The molecular weight excluding hydrogens is 751 g/mol. The number of alkyl carbamates (subject to hydrolysis) is 2. The fraction of sp³-hybridized carbons (Fsp3) is 0.429. The number of alkyl halides is 2. The second-order valence-electron chi connectivity index (χ2n) is 15.2. The van der Waals surface area contributed by atoms with E-state index in [0.717, 1.165) is 45.7 Å². The molecule has 2 aliphatic rings. The highest BCUT2D eigenvalue weighted by Gasteiger charge is 2.50. The number of nitrogens with one attached hydrogen (secondary N) is 4. The maximum absolute atomic E-state index is 14.7. The van der Waals surface area contributed by atoms with Crippen molar-refractivity contribution >= 4 is 24.0 Å². The molecule has 2 aromatic heterocycles. The van der Waals surface area contributed by atoms with E-state index in [0.29, 0.717) is 18.1 Å². The van der Waals surface area contributed by atoms with Crippen LogP contribution in [-0.2, 0) is 19.1 Å². The summed E-state index contributed by atoms with van der Waals surface area (Å²) in [5.74, 6) is 2.82. The van der Waals surface area contributed by atoms with Gasteiger partial charge in [0.25, 0.3) is 5.92 Å². The first-order valence-corrected chi connectivity index (χ1v) is 19.2. The SMILES string of the molecule is COC(=O)NC(C(=O)N1CCC[C@H]1c1ncc(-c2ccc(C#Cc3ccc(-c4cnc([C@@H]5CC(F)(F)CN5C(=O)[C@@H](NC(=O)OC)C(C)C)[nH]4)cc3)cc2)[nH]1)C(C)C. The highest BCUT2D eigenvalue weighted by Crippen LogP contribution is 2.41. The molecule has 1 unspecified atom stereocenters. The lowest BCUT2D eigenvalue weighted by Gasteiger charge is -2.30. The molecule has 2 aliphatic heterocycles. The molecule has 2 aromatic carbocycles. The van der Waals surface area contributed by atoms with Gasteiger partial charge in [-0.1, -0.05) is 63.8 Å². The van der Waals surface area contributed by atoms with Crippen molar-refractivity contribution < 1.29 is 37.4 Å². The number of benzene rings is 2. The maximum Gasteiger partial charge on any atom is 0.407 e. The van der Waals surface area contributed by atoms with Gasteiger partial charge in [-0.2, -0.15) is 0 Å². The van der Waals surface area contributed by atoms with E-state index < -0.39 is 55.1 Å². The van der Waals surface area contributed by atoms with Crippen molar-refractivity contribution in [1.29, 1.82) is 0 Å². The molecule has 0 radical (unpaired) electrons. The van der Waals surface area contributed by atoms with Crippen molar-refractivity contribution in [1.82, 2.24) is 40.4 Å². The molecule has 4 N–H and O–H groups in total. The Morgan fingerprint density at radius 1 is 0.741 bits per heavy atom. The van der Waals surface area contributed by atoms with Crippen molar-refractivity contribution in [3.8, 4) is 34.4 Å². The number of rotatable bonds is 10. The largest absolute Gasteiger partial charge is 0.453 e. The zero-order valence-electron chi connectivity index (χ0n) is 33.3. The van der Waals surface area contributed by atoms with Gasteiger partial charge in [-0.15, -0.1) is 0 Å². The molecule has 14 nitrogen and oxygen atoms in total. The minimum absolute atomic E-state index is 0.127. The lowest BCUT2D eigenvalue weighted by molar-refractivity contribution is -0.137. The van der Waals surface area contributed by atoms with Gasteiger partial charge in [0.2, 0.25) is 11.8 Å². The van der Waals surface area contributed by atoms with E-state index >= 15 is 0 Å². The van der Waals surface area contributed by atoms with Gasteiger partial charge in [-0.05, 0) is 60.1 Å². The molecule has 306 valence electrons. The summed E-state index contributed by atoms with van der Waals surface area (Å²) in [5.41, 5.74) is 4.60. The van der Waals surface area contributed by atoms with Crippen molar-refractivity contribution in [2.24, 2.45) is 11.8 Å². The van der Waals surface area contributed by atoms with Gasteiger partial charge >= 0.3 is 12.2 Å². The summed E-state index contributed by atoms with van der Waals surface area (Å²) in [4.78, 5) is 69.1. The van der Waals surface area contributed by atoms with Crippen molar-refractivity contribution in [3.63, 3.8) is 0 Å². The monoisotopic (exact) mass is 798 g/mol. The fourth-order valence-corrected chi connectivity index (χ4v) is 7.28. The van der Waals surface area contributed by atoms with E-state index in [9.17, 15) is 28.0 Å². The van der Waals surface area contributed by atoms with Crippen LogP contribution in [0.25, 0.3) is 22.5 Å². The number of nitrogens with zero attached hydrogens (tertiary/aromatic N) is 4. The second kappa shape index (κ2) is 17.5. The Kier molecular flexibility index (Phi) is 12.5. The van der Waals surface area contributed by atoms with E-state index in [1.807, 2.05) is 62.4 Å². The zero-order chi connectivity index (χ0) is 41.7. The molecule has 6 rings (SSSR count). The Labute approximate surface area is 335 Å². The zero-order valence-corrected chi connectivity index (χ0v) is 33.3. The molecule has 0 bridgehead atoms. The Bertz CT molecular complexity index is 2170. The third kappa shape index (κ3) is 9.30. The number of H-pyrrole nitrogens is 2. The number of imidazole rings is 2. The predicted octanol–water partition coefficient (Wildman–Crippen LogP) is 6.20. The first-order chi connectivity index (χ1) is 27.7. The van der Waals surface area contributed by atoms with E-state index in [-0.39, 0.29) is 29.6 Å². The van der Waals surface area contributed by atoms with Gasteiger partial charge in [0.15, 0.2) is 0 Å². The molecule has 2 fully saturated rings. The molecule has 58 heavy (non-hydrogen) atoms. The van der Waals surface area contributed by atoms with Crippen LogP contribution in [0.4, 0.5) is 18.4 Å². The van der Waals surface area contributed by atoms with Crippen LogP contribution in [0.1, 0.15) is 81.8 Å². The molecule has 2 saturated heterocycles. The number of aromatic nitrogens is 4. The number of carbonyl (C=O) groups excluding carboxylic acids is 4. The van der Waals surface area contributed by atoms with Gasteiger partial charge in [-0.25, -0.2) is 28.3 Å². The van der Waals surface area contributed by atoms with Crippen molar-refractivity contribution in [3.05, 3.63) is 83.7 Å².